The van der Waals surface area contributed by atoms with Crippen molar-refractivity contribution in [1.29, 1.82) is 0 Å². The Balaban J connectivity index is 1.43. The number of para-hydroxylation sites is 1. The van der Waals surface area contributed by atoms with E-state index in [0.717, 1.165) is 40.9 Å². The standard InChI is InChI=1S/C28H31N3O4S/c1-20-7-4-8-21(2)27(20)31(36(3,34)35)19-22-12-14-24(15-13-22)28(33)29-18-23-9-5-10-25(17-23)30-16-6-11-26(30)32/h4-5,7-10,12-15,17H,6,11,16,18-19H2,1-3H3,(H,29,33). The Hall–Kier alpha value is -3.65. The number of sulfonamides is 1. The van der Waals surface area contributed by atoms with Crippen molar-refractivity contribution in [3.8, 4) is 0 Å². The summed E-state index contributed by atoms with van der Waals surface area (Å²) in [5, 5.41) is 2.92. The molecule has 8 heteroatoms. The van der Waals surface area contributed by atoms with Crippen molar-refractivity contribution in [1.82, 2.24) is 5.32 Å². The van der Waals surface area contributed by atoms with Gasteiger partial charge in [0.25, 0.3) is 5.91 Å². The Morgan fingerprint density at radius 3 is 2.25 bits per heavy atom. The van der Waals surface area contributed by atoms with Gasteiger partial charge in [-0.25, -0.2) is 8.42 Å². The third-order valence-corrected chi connectivity index (χ3v) is 7.49. The number of aryl methyl sites for hydroxylation is 2. The Morgan fingerprint density at radius 1 is 0.972 bits per heavy atom. The summed E-state index contributed by atoms with van der Waals surface area (Å²) in [7, 11) is -3.51. The van der Waals surface area contributed by atoms with Gasteiger partial charge < -0.3 is 10.2 Å². The Kier molecular flexibility index (Phi) is 7.45. The van der Waals surface area contributed by atoms with Crippen molar-refractivity contribution in [2.24, 2.45) is 0 Å². The zero-order valence-corrected chi connectivity index (χ0v) is 21.6. The maximum absolute atomic E-state index is 12.7. The van der Waals surface area contributed by atoms with Crippen molar-refractivity contribution in [3.05, 3.63) is 94.5 Å². The first-order valence-corrected chi connectivity index (χ1v) is 13.8. The summed E-state index contributed by atoms with van der Waals surface area (Å²) in [5.74, 6) is -0.0952. The normalized spacial score (nSPS) is 13.6. The summed E-state index contributed by atoms with van der Waals surface area (Å²) in [6.07, 6.45) is 2.64. The SMILES string of the molecule is Cc1cccc(C)c1N(Cc1ccc(C(=O)NCc2cccc(N3CCCC3=O)c2)cc1)S(C)(=O)=O. The third-order valence-electron chi connectivity index (χ3n) is 6.38. The lowest BCUT2D eigenvalue weighted by Gasteiger charge is -2.26. The van der Waals surface area contributed by atoms with E-state index in [1.807, 2.05) is 56.3 Å². The van der Waals surface area contributed by atoms with Gasteiger partial charge in [-0.15, -0.1) is 0 Å². The number of benzene rings is 3. The molecule has 2 amide bonds. The van der Waals surface area contributed by atoms with Gasteiger partial charge in [-0.05, 0) is 66.8 Å². The molecule has 4 rings (SSSR count). The van der Waals surface area contributed by atoms with Crippen LogP contribution >= 0.6 is 0 Å². The van der Waals surface area contributed by atoms with Crippen molar-refractivity contribution in [2.75, 3.05) is 22.0 Å². The minimum absolute atomic E-state index is 0.128. The van der Waals surface area contributed by atoms with Gasteiger partial charge >= 0.3 is 0 Å². The summed E-state index contributed by atoms with van der Waals surface area (Å²) in [4.78, 5) is 26.5. The molecule has 1 heterocycles. The van der Waals surface area contributed by atoms with Gasteiger partial charge in [-0.1, -0.05) is 42.5 Å². The molecule has 1 aliphatic heterocycles. The molecule has 0 aromatic heterocycles. The second-order valence-corrected chi connectivity index (χ2v) is 11.1. The molecule has 0 radical (unpaired) electrons. The molecular formula is C28H31N3O4S. The van der Waals surface area contributed by atoms with E-state index in [1.54, 1.807) is 29.2 Å². The van der Waals surface area contributed by atoms with Gasteiger partial charge in [0.1, 0.15) is 0 Å². The fourth-order valence-electron chi connectivity index (χ4n) is 4.53. The van der Waals surface area contributed by atoms with Crippen molar-refractivity contribution in [2.45, 2.75) is 39.8 Å². The highest BCUT2D eigenvalue weighted by Crippen LogP contribution is 2.28. The van der Waals surface area contributed by atoms with E-state index in [2.05, 4.69) is 5.32 Å². The molecule has 1 N–H and O–H groups in total. The minimum atomic E-state index is -3.51. The van der Waals surface area contributed by atoms with Crippen LogP contribution in [0.3, 0.4) is 0 Å². The molecule has 1 fully saturated rings. The summed E-state index contributed by atoms with van der Waals surface area (Å²) in [5.41, 5.74) is 5.48. The van der Waals surface area contributed by atoms with E-state index in [-0.39, 0.29) is 18.4 Å². The maximum atomic E-state index is 12.7. The van der Waals surface area contributed by atoms with E-state index < -0.39 is 10.0 Å². The van der Waals surface area contributed by atoms with Crippen molar-refractivity contribution >= 4 is 33.2 Å². The number of carbonyl (C=O) groups excluding carboxylic acids is 2. The van der Waals surface area contributed by atoms with Crippen LogP contribution in [0.5, 0.6) is 0 Å². The molecule has 0 spiro atoms. The Labute approximate surface area is 212 Å². The smallest absolute Gasteiger partial charge is 0.251 e. The van der Waals surface area contributed by atoms with Crippen LogP contribution in [0.1, 0.15) is 45.5 Å². The predicted octanol–water partition coefficient (Wildman–Crippen LogP) is 4.33. The van der Waals surface area contributed by atoms with E-state index in [9.17, 15) is 18.0 Å². The van der Waals surface area contributed by atoms with Gasteiger partial charge in [-0.2, -0.15) is 0 Å². The Morgan fingerprint density at radius 2 is 1.64 bits per heavy atom. The molecule has 7 nitrogen and oxygen atoms in total. The number of nitrogens with zero attached hydrogens (tertiary/aromatic N) is 2. The van der Waals surface area contributed by atoms with E-state index in [1.165, 1.54) is 10.6 Å². The first kappa shape index (κ1) is 25.4. The van der Waals surface area contributed by atoms with Gasteiger partial charge in [-0.3, -0.25) is 13.9 Å². The molecule has 0 saturated carbocycles. The lowest BCUT2D eigenvalue weighted by molar-refractivity contribution is -0.117. The molecule has 188 valence electrons. The van der Waals surface area contributed by atoms with Gasteiger partial charge in [0.2, 0.25) is 15.9 Å². The van der Waals surface area contributed by atoms with E-state index in [0.29, 0.717) is 24.2 Å². The minimum Gasteiger partial charge on any atom is -0.348 e. The first-order chi connectivity index (χ1) is 17.1. The number of hydrogen-bond donors (Lipinski definition) is 1. The topological polar surface area (TPSA) is 86.8 Å². The molecule has 3 aromatic rings. The van der Waals surface area contributed by atoms with Gasteiger partial charge in [0.05, 0.1) is 18.5 Å². The van der Waals surface area contributed by atoms with Crippen LogP contribution in [0.15, 0.2) is 66.7 Å². The summed E-state index contributed by atoms with van der Waals surface area (Å²) in [6.45, 7) is 5.03. The fraction of sp³-hybridized carbons (Fsp3) is 0.286. The van der Waals surface area contributed by atoms with Crippen LogP contribution in [-0.2, 0) is 27.9 Å². The zero-order valence-electron chi connectivity index (χ0n) is 20.8. The van der Waals surface area contributed by atoms with Crippen molar-refractivity contribution in [3.63, 3.8) is 0 Å². The number of anilines is 2. The molecule has 1 aliphatic rings. The number of carbonyl (C=O) groups is 2. The zero-order chi connectivity index (χ0) is 25.9. The molecule has 0 atom stereocenters. The monoisotopic (exact) mass is 505 g/mol. The summed E-state index contributed by atoms with van der Waals surface area (Å²) >= 11 is 0. The molecule has 3 aromatic carbocycles. The van der Waals surface area contributed by atoms with Crippen LogP contribution in [0.2, 0.25) is 0 Å². The lowest BCUT2D eigenvalue weighted by atomic mass is 10.1. The van der Waals surface area contributed by atoms with Crippen LogP contribution < -0.4 is 14.5 Å². The van der Waals surface area contributed by atoms with Crippen LogP contribution in [-0.4, -0.2) is 33.0 Å². The van der Waals surface area contributed by atoms with E-state index >= 15 is 0 Å². The van der Waals surface area contributed by atoms with Crippen molar-refractivity contribution < 1.29 is 18.0 Å². The predicted molar refractivity (Wildman–Crippen MR) is 143 cm³/mol. The molecule has 1 saturated heterocycles. The van der Waals surface area contributed by atoms with Gasteiger partial charge in [0, 0.05) is 30.8 Å². The molecular weight excluding hydrogens is 474 g/mol. The number of hydrogen-bond acceptors (Lipinski definition) is 4. The van der Waals surface area contributed by atoms with Crippen LogP contribution in [0.25, 0.3) is 0 Å². The quantitative estimate of drug-likeness (QED) is 0.494. The average Bonchev–Trinajstić information content (AvgIpc) is 3.27. The number of rotatable bonds is 8. The highest BCUT2D eigenvalue weighted by Gasteiger charge is 2.23. The van der Waals surface area contributed by atoms with Crippen LogP contribution in [0, 0.1) is 13.8 Å². The highest BCUT2D eigenvalue weighted by molar-refractivity contribution is 7.92. The maximum Gasteiger partial charge on any atom is 0.251 e. The second kappa shape index (κ2) is 10.5. The fourth-order valence-corrected chi connectivity index (χ4v) is 5.53. The third kappa shape index (κ3) is 5.76. The Bertz CT molecular complexity index is 1360. The second-order valence-electron chi connectivity index (χ2n) is 9.21. The van der Waals surface area contributed by atoms with E-state index in [4.69, 9.17) is 0 Å². The molecule has 0 bridgehead atoms. The average molecular weight is 506 g/mol. The molecule has 36 heavy (non-hydrogen) atoms. The number of nitrogens with one attached hydrogen (secondary N) is 1. The summed E-state index contributed by atoms with van der Waals surface area (Å²) in [6, 6.07) is 20.3. The first-order valence-electron chi connectivity index (χ1n) is 11.9. The lowest BCUT2D eigenvalue weighted by Crippen LogP contribution is -2.30. The van der Waals surface area contributed by atoms with Crippen LogP contribution in [0.4, 0.5) is 11.4 Å². The molecule has 0 aliphatic carbocycles. The summed E-state index contributed by atoms with van der Waals surface area (Å²) < 4.78 is 26.6. The number of amides is 2. The molecule has 0 unspecified atom stereocenters. The highest BCUT2D eigenvalue weighted by atomic mass is 32.2. The van der Waals surface area contributed by atoms with Gasteiger partial charge in [0.15, 0.2) is 0 Å². The largest absolute Gasteiger partial charge is 0.348 e.